The number of rotatable bonds is 7. The minimum absolute atomic E-state index is 0.219. The molecule has 8 nitrogen and oxygen atoms in total. The number of nitrogens with one attached hydrogen (secondary N) is 1. The van der Waals surface area contributed by atoms with Gasteiger partial charge in [-0.05, 0) is 31.2 Å². The summed E-state index contributed by atoms with van der Waals surface area (Å²) in [6.07, 6.45) is 3.33. The van der Waals surface area contributed by atoms with Crippen LogP contribution in [0.25, 0.3) is 22.7 Å². The Morgan fingerprint density at radius 3 is 2.65 bits per heavy atom. The second-order valence-electron chi connectivity index (χ2n) is 6.52. The summed E-state index contributed by atoms with van der Waals surface area (Å²) < 4.78 is 16.7. The van der Waals surface area contributed by atoms with Gasteiger partial charge in [-0.15, -0.1) is 0 Å². The molecule has 0 spiro atoms. The van der Waals surface area contributed by atoms with Crippen molar-refractivity contribution in [2.45, 2.75) is 17.8 Å². The number of aryl methyl sites for hydroxylation is 1. The number of methoxy groups -OCH3 is 2. The van der Waals surface area contributed by atoms with Crippen LogP contribution in [0.3, 0.4) is 0 Å². The van der Waals surface area contributed by atoms with E-state index in [1.165, 1.54) is 17.8 Å². The lowest BCUT2D eigenvalue weighted by atomic mass is 10.2. The molecule has 0 atom stereocenters. The zero-order chi connectivity index (χ0) is 21.8. The Kier molecular flexibility index (Phi) is 6.03. The van der Waals surface area contributed by atoms with E-state index in [1.54, 1.807) is 26.6 Å². The van der Waals surface area contributed by atoms with Crippen LogP contribution in [0.15, 0.2) is 63.2 Å². The number of ether oxygens (including phenoxy) is 2. The maximum absolute atomic E-state index is 12.1. The molecule has 0 amide bonds. The molecule has 0 aliphatic heterocycles. The quantitative estimate of drug-likeness (QED) is 0.341. The molecule has 31 heavy (non-hydrogen) atoms. The standard InChI is InChI=1S/C22H20N4O4S/c1-13-17(24-21(30-13)15-5-4-6-18(28-2)20(15)29-3)12-31-22-25-16(11-19(27)26-22)14-7-9-23-10-8-14/h4-11H,12H2,1-3H3,(H,25,26,27). The molecule has 0 unspecified atom stereocenters. The predicted octanol–water partition coefficient (Wildman–Crippen LogP) is 4.10. The van der Waals surface area contributed by atoms with Crippen molar-refractivity contribution in [3.05, 3.63) is 70.6 Å². The first kappa shape index (κ1) is 20.7. The van der Waals surface area contributed by atoms with Crippen molar-refractivity contribution >= 4 is 11.8 Å². The monoisotopic (exact) mass is 436 g/mol. The fraction of sp³-hybridized carbons (Fsp3) is 0.182. The summed E-state index contributed by atoms with van der Waals surface area (Å²) in [5, 5.41) is 0.502. The van der Waals surface area contributed by atoms with E-state index in [9.17, 15) is 4.79 Å². The smallest absolute Gasteiger partial charge is 0.252 e. The molecule has 0 aliphatic carbocycles. The van der Waals surface area contributed by atoms with E-state index >= 15 is 0 Å². The normalized spacial score (nSPS) is 10.8. The number of nitrogens with zero attached hydrogens (tertiary/aromatic N) is 3. The number of H-pyrrole nitrogens is 1. The Labute approximate surface area is 182 Å². The summed E-state index contributed by atoms with van der Waals surface area (Å²) in [4.78, 5) is 28.0. The van der Waals surface area contributed by atoms with Gasteiger partial charge in [0.2, 0.25) is 5.89 Å². The van der Waals surface area contributed by atoms with Crippen LogP contribution >= 0.6 is 11.8 Å². The summed E-state index contributed by atoms with van der Waals surface area (Å²) in [7, 11) is 3.16. The van der Waals surface area contributed by atoms with Gasteiger partial charge in [-0.25, -0.2) is 9.97 Å². The Bertz CT molecular complexity index is 1250. The van der Waals surface area contributed by atoms with E-state index in [-0.39, 0.29) is 5.56 Å². The lowest BCUT2D eigenvalue weighted by molar-refractivity contribution is 0.355. The van der Waals surface area contributed by atoms with E-state index < -0.39 is 0 Å². The lowest BCUT2D eigenvalue weighted by Gasteiger charge is -2.09. The van der Waals surface area contributed by atoms with E-state index in [0.29, 0.717) is 45.3 Å². The molecule has 0 saturated heterocycles. The highest BCUT2D eigenvalue weighted by Crippen LogP contribution is 2.38. The van der Waals surface area contributed by atoms with Crippen molar-refractivity contribution in [3.63, 3.8) is 0 Å². The van der Waals surface area contributed by atoms with Crippen LogP contribution in [0, 0.1) is 6.92 Å². The Balaban J connectivity index is 1.58. The lowest BCUT2D eigenvalue weighted by Crippen LogP contribution is -2.08. The van der Waals surface area contributed by atoms with Gasteiger partial charge in [-0.1, -0.05) is 17.8 Å². The SMILES string of the molecule is COc1cccc(-c2nc(CSc3nc(-c4ccncc4)cc(=O)[nH]3)c(C)o2)c1OC. The minimum atomic E-state index is -0.219. The maximum atomic E-state index is 12.1. The van der Waals surface area contributed by atoms with Crippen LogP contribution in [0.5, 0.6) is 11.5 Å². The Morgan fingerprint density at radius 2 is 1.90 bits per heavy atom. The predicted molar refractivity (Wildman–Crippen MR) is 117 cm³/mol. The molecule has 0 radical (unpaired) electrons. The van der Waals surface area contributed by atoms with E-state index in [4.69, 9.17) is 13.9 Å². The maximum Gasteiger partial charge on any atom is 0.252 e. The van der Waals surface area contributed by atoms with Gasteiger partial charge in [-0.3, -0.25) is 9.78 Å². The molecule has 9 heteroatoms. The number of aromatic amines is 1. The molecule has 0 aliphatic rings. The third kappa shape index (κ3) is 4.46. The molecule has 1 N–H and O–H groups in total. The van der Waals surface area contributed by atoms with Crippen LogP contribution in [-0.4, -0.2) is 34.2 Å². The summed E-state index contributed by atoms with van der Waals surface area (Å²) in [6, 6.07) is 10.6. The number of pyridine rings is 1. The number of para-hydroxylation sites is 1. The van der Waals surface area contributed by atoms with E-state index in [1.807, 2.05) is 37.3 Å². The summed E-state index contributed by atoms with van der Waals surface area (Å²) in [6.45, 7) is 1.85. The molecular formula is C22H20N4O4S. The summed E-state index contributed by atoms with van der Waals surface area (Å²) in [5.41, 5.74) is 2.65. The third-order valence-electron chi connectivity index (χ3n) is 4.57. The van der Waals surface area contributed by atoms with Gasteiger partial charge < -0.3 is 18.9 Å². The first-order valence-corrected chi connectivity index (χ1v) is 10.4. The third-order valence-corrected chi connectivity index (χ3v) is 5.45. The summed E-state index contributed by atoms with van der Waals surface area (Å²) in [5.74, 6) is 2.75. The number of aromatic nitrogens is 4. The molecular weight excluding hydrogens is 416 g/mol. The first-order chi connectivity index (χ1) is 15.1. The molecule has 0 bridgehead atoms. The Hall–Kier alpha value is -3.59. The second kappa shape index (κ2) is 9.05. The number of benzene rings is 1. The van der Waals surface area contributed by atoms with E-state index in [0.717, 1.165) is 11.3 Å². The van der Waals surface area contributed by atoms with Crippen molar-refractivity contribution in [2.24, 2.45) is 0 Å². The van der Waals surface area contributed by atoms with Crippen molar-refractivity contribution in [3.8, 4) is 34.2 Å². The average molecular weight is 436 g/mol. The number of hydrogen-bond donors (Lipinski definition) is 1. The molecule has 4 rings (SSSR count). The molecule has 158 valence electrons. The zero-order valence-corrected chi connectivity index (χ0v) is 18.0. The van der Waals surface area contributed by atoms with Crippen molar-refractivity contribution in [2.75, 3.05) is 14.2 Å². The van der Waals surface area contributed by atoms with Gasteiger partial charge in [0.1, 0.15) is 5.76 Å². The zero-order valence-electron chi connectivity index (χ0n) is 17.2. The Morgan fingerprint density at radius 1 is 1.10 bits per heavy atom. The molecule has 0 saturated carbocycles. The fourth-order valence-electron chi connectivity index (χ4n) is 3.04. The van der Waals surface area contributed by atoms with Gasteiger partial charge in [-0.2, -0.15) is 0 Å². The second-order valence-corrected chi connectivity index (χ2v) is 7.49. The average Bonchev–Trinajstić information content (AvgIpc) is 3.17. The van der Waals surface area contributed by atoms with Gasteiger partial charge in [0, 0.05) is 29.8 Å². The number of thioether (sulfide) groups is 1. The topological polar surface area (TPSA) is 103 Å². The minimum Gasteiger partial charge on any atom is -0.493 e. The van der Waals surface area contributed by atoms with Crippen LogP contribution < -0.4 is 15.0 Å². The number of oxazole rings is 1. The van der Waals surface area contributed by atoms with Crippen molar-refractivity contribution in [1.29, 1.82) is 0 Å². The number of hydrogen-bond acceptors (Lipinski definition) is 8. The highest BCUT2D eigenvalue weighted by atomic mass is 32.2. The van der Waals surface area contributed by atoms with Crippen LogP contribution in [0.1, 0.15) is 11.5 Å². The van der Waals surface area contributed by atoms with Gasteiger partial charge in [0.15, 0.2) is 16.7 Å². The van der Waals surface area contributed by atoms with Crippen molar-refractivity contribution in [1.82, 2.24) is 19.9 Å². The molecule has 0 fully saturated rings. The van der Waals surface area contributed by atoms with Crippen molar-refractivity contribution < 1.29 is 13.9 Å². The summed E-state index contributed by atoms with van der Waals surface area (Å²) >= 11 is 1.38. The largest absolute Gasteiger partial charge is 0.493 e. The molecule has 4 aromatic rings. The van der Waals surface area contributed by atoms with Crippen LogP contribution in [0.4, 0.5) is 0 Å². The molecule has 3 heterocycles. The first-order valence-electron chi connectivity index (χ1n) is 9.41. The van der Waals surface area contributed by atoms with Gasteiger partial charge >= 0.3 is 0 Å². The molecule has 3 aromatic heterocycles. The highest BCUT2D eigenvalue weighted by Gasteiger charge is 2.18. The highest BCUT2D eigenvalue weighted by molar-refractivity contribution is 7.98. The van der Waals surface area contributed by atoms with Gasteiger partial charge in [0.25, 0.3) is 5.56 Å². The fourth-order valence-corrected chi connectivity index (χ4v) is 3.92. The molecule has 1 aromatic carbocycles. The van der Waals surface area contributed by atoms with Crippen LogP contribution in [0.2, 0.25) is 0 Å². The van der Waals surface area contributed by atoms with Gasteiger partial charge in [0.05, 0.1) is 31.2 Å². The van der Waals surface area contributed by atoms with Crippen LogP contribution in [-0.2, 0) is 5.75 Å². The van der Waals surface area contributed by atoms with E-state index in [2.05, 4.69) is 19.9 Å².